The lowest BCUT2D eigenvalue weighted by molar-refractivity contribution is -0.116. The average molecular weight is 617 g/mol. The van der Waals surface area contributed by atoms with Crippen LogP contribution in [0.15, 0.2) is 59.3 Å². The van der Waals surface area contributed by atoms with Gasteiger partial charge >= 0.3 is 6.03 Å². The quantitative estimate of drug-likeness (QED) is 0.204. The third-order valence-corrected chi connectivity index (χ3v) is 8.94. The summed E-state index contributed by atoms with van der Waals surface area (Å²) in [5.41, 5.74) is 3.38. The van der Waals surface area contributed by atoms with Gasteiger partial charge in [0.05, 0.1) is 47.9 Å². The summed E-state index contributed by atoms with van der Waals surface area (Å²) in [6, 6.07) is 15.1. The maximum absolute atomic E-state index is 12.5. The van der Waals surface area contributed by atoms with E-state index in [0.29, 0.717) is 37.1 Å². The monoisotopic (exact) mass is 616 g/mol. The zero-order valence-electron chi connectivity index (χ0n) is 25.0. The molecule has 44 heavy (non-hydrogen) atoms. The summed E-state index contributed by atoms with van der Waals surface area (Å²) in [6.45, 7) is 11.0. The number of urea groups is 1. The predicted octanol–water partition coefficient (Wildman–Crippen LogP) is 6.01. The summed E-state index contributed by atoms with van der Waals surface area (Å²) in [4.78, 5) is 20.6. The van der Waals surface area contributed by atoms with Gasteiger partial charge in [-0.25, -0.2) is 9.78 Å². The van der Waals surface area contributed by atoms with Crippen LogP contribution in [0.1, 0.15) is 33.0 Å². The lowest BCUT2D eigenvalue weighted by atomic mass is 9.93. The molecular formula is C32H36N6O5S. The Kier molecular flexibility index (Phi) is 7.75. The summed E-state index contributed by atoms with van der Waals surface area (Å²) in [7, 11) is 0. The average Bonchev–Trinajstić information content (AvgIpc) is 3.78. The molecular weight excluding hydrogens is 580 g/mol. The molecule has 2 saturated heterocycles. The molecule has 2 aliphatic heterocycles. The number of fused-ring (bicyclic) bond motifs is 4. The first-order chi connectivity index (χ1) is 21.3. The number of nitrogens with one attached hydrogen (secondary N) is 2. The number of imidazole rings is 1. The van der Waals surface area contributed by atoms with Gasteiger partial charge in [0, 0.05) is 48.6 Å². The number of carbonyl (C=O) groups is 1. The lowest BCUT2D eigenvalue weighted by Gasteiger charge is -2.24. The minimum Gasteiger partial charge on any atom is -0.493 e. The van der Waals surface area contributed by atoms with Gasteiger partial charge in [-0.2, -0.15) is 0 Å². The molecule has 2 fully saturated rings. The van der Waals surface area contributed by atoms with Crippen LogP contribution in [0.4, 0.5) is 16.3 Å². The van der Waals surface area contributed by atoms with E-state index in [1.54, 1.807) is 17.4 Å². The number of carbonyl (C=O) groups excluding carboxylic acids is 1. The molecule has 0 spiro atoms. The Hall–Kier alpha value is -3.97. The number of likely N-dealkylation sites (tertiary alicyclic amines) is 1. The first-order valence-corrected chi connectivity index (χ1v) is 15.8. The van der Waals surface area contributed by atoms with E-state index in [1.807, 2.05) is 57.3 Å². The highest BCUT2D eigenvalue weighted by Crippen LogP contribution is 2.32. The van der Waals surface area contributed by atoms with Crippen molar-refractivity contribution in [1.29, 1.82) is 0 Å². The maximum Gasteiger partial charge on any atom is 0.324 e. The number of aromatic nitrogens is 3. The van der Waals surface area contributed by atoms with Crippen molar-refractivity contribution in [3.8, 4) is 17.0 Å². The zero-order chi connectivity index (χ0) is 30.3. The van der Waals surface area contributed by atoms with Crippen LogP contribution in [0, 0.1) is 0 Å². The first-order valence-electron chi connectivity index (χ1n) is 14.9. The van der Waals surface area contributed by atoms with Gasteiger partial charge in [0.25, 0.3) is 0 Å². The number of hydrogen-bond acceptors (Lipinski definition) is 9. The second-order valence-electron chi connectivity index (χ2n) is 12.3. The summed E-state index contributed by atoms with van der Waals surface area (Å²) in [5.74, 6) is 1.94. The fraction of sp³-hybridized carbons (Fsp3) is 0.406. The smallest absolute Gasteiger partial charge is 0.324 e. The van der Waals surface area contributed by atoms with Crippen molar-refractivity contribution in [2.24, 2.45) is 0 Å². The van der Waals surface area contributed by atoms with E-state index in [9.17, 15) is 4.79 Å². The van der Waals surface area contributed by atoms with E-state index in [4.69, 9.17) is 23.7 Å². The molecule has 5 aromatic rings. The summed E-state index contributed by atoms with van der Waals surface area (Å²) in [6.07, 6.45) is 3.43. The van der Waals surface area contributed by atoms with Gasteiger partial charge in [0.2, 0.25) is 0 Å². The zero-order valence-corrected chi connectivity index (χ0v) is 25.9. The molecule has 5 heterocycles. The van der Waals surface area contributed by atoms with Crippen molar-refractivity contribution in [3.05, 3.63) is 60.5 Å². The standard InChI is InChI=1S/C32H36N6O5S/c1-32(2,3)28-16-29(36-43-28)35-30(39)33-21-7-5-20(6-8-21)23-17-38-24-10-9-22(15-27(24)44-31(38)34-23)40-12-4-11-37-18-25-26(19-37)42-14-13-41-25/h5-10,15-17,25-26H,4,11-14,18-19H2,1-3H3,(H2,33,35,36,39)/t25-,26+. The molecule has 0 radical (unpaired) electrons. The van der Waals surface area contributed by atoms with Crippen LogP contribution in [0.3, 0.4) is 0 Å². The van der Waals surface area contributed by atoms with Gasteiger partial charge in [0.15, 0.2) is 10.8 Å². The van der Waals surface area contributed by atoms with E-state index in [-0.39, 0.29) is 17.6 Å². The van der Waals surface area contributed by atoms with E-state index in [2.05, 4.69) is 37.2 Å². The fourth-order valence-corrected chi connectivity index (χ4v) is 6.64. The molecule has 11 nitrogen and oxygen atoms in total. The number of amides is 2. The minimum absolute atomic E-state index is 0.190. The van der Waals surface area contributed by atoms with Gasteiger partial charge < -0.3 is 24.1 Å². The van der Waals surface area contributed by atoms with Crippen LogP contribution in [-0.2, 0) is 14.9 Å². The van der Waals surface area contributed by atoms with Crippen molar-refractivity contribution in [2.45, 2.75) is 44.8 Å². The van der Waals surface area contributed by atoms with E-state index in [0.717, 1.165) is 58.2 Å². The fourth-order valence-electron chi connectivity index (χ4n) is 5.60. The SMILES string of the molecule is CC(C)(C)c1cc(NC(=O)Nc2ccc(-c3cn4c(n3)sc3cc(OCCCN5C[C@@H]6OCCO[C@@H]6C5)ccc34)cc2)no1. The third-order valence-electron chi connectivity index (χ3n) is 7.92. The number of rotatable bonds is 8. The third kappa shape index (κ3) is 6.16. The number of anilines is 2. The normalized spacial score (nSPS) is 19.0. The molecule has 3 aromatic heterocycles. The Bertz CT molecular complexity index is 1760. The van der Waals surface area contributed by atoms with Gasteiger partial charge in [-0.3, -0.25) is 14.6 Å². The molecule has 2 amide bonds. The Labute approximate surface area is 259 Å². The molecule has 0 bridgehead atoms. The minimum atomic E-state index is -0.391. The van der Waals surface area contributed by atoms with Crippen LogP contribution in [0.2, 0.25) is 0 Å². The van der Waals surface area contributed by atoms with Crippen molar-refractivity contribution in [2.75, 3.05) is 50.1 Å². The Morgan fingerprint density at radius 3 is 2.55 bits per heavy atom. The predicted molar refractivity (Wildman–Crippen MR) is 170 cm³/mol. The highest BCUT2D eigenvalue weighted by atomic mass is 32.1. The summed E-state index contributed by atoms with van der Waals surface area (Å²) in [5, 5.41) is 9.47. The number of nitrogens with zero attached hydrogens (tertiary/aromatic N) is 4. The van der Waals surface area contributed by atoms with Gasteiger partial charge in [0.1, 0.15) is 11.5 Å². The number of benzene rings is 2. The molecule has 0 unspecified atom stereocenters. The molecule has 12 heteroatoms. The van der Waals surface area contributed by atoms with Crippen molar-refractivity contribution < 1.29 is 23.5 Å². The highest BCUT2D eigenvalue weighted by Gasteiger charge is 2.36. The van der Waals surface area contributed by atoms with E-state index in [1.165, 1.54) is 0 Å². The van der Waals surface area contributed by atoms with Crippen LogP contribution in [-0.4, -0.2) is 77.1 Å². The first kappa shape index (κ1) is 28.8. The molecule has 2 N–H and O–H groups in total. The number of thiazole rings is 1. The van der Waals surface area contributed by atoms with Crippen molar-refractivity contribution in [3.63, 3.8) is 0 Å². The Balaban J connectivity index is 0.933. The largest absolute Gasteiger partial charge is 0.493 e. The van der Waals surface area contributed by atoms with Crippen molar-refractivity contribution >= 4 is 44.1 Å². The Morgan fingerprint density at radius 1 is 1.05 bits per heavy atom. The van der Waals surface area contributed by atoms with Crippen LogP contribution in [0.5, 0.6) is 5.75 Å². The van der Waals surface area contributed by atoms with Crippen LogP contribution >= 0.6 is 11.3 Å². The summed E-state index contributed by atoms with van der Waals surface area (Å²) < 4.78 is 26.3. The second-order valence-corrected chi connectivity index (χ2v) is 13.3. The summed E-state index contributed by atoms with van der Waals surface area (Å²) >= 11 is 1.63. The van der Waals surface area contributed by atoms with Gasteiger partial charge in [-0.1, -0.05) is 49.4 Å². The molecule has 0 aliphatic carbocycles. The number of hydrogen-bond donors (Lipinski definition) is 2. The van der Waals surface area contributed by atoms with E-state index < -0.39 is 6.03 Å². The lowest BCUT2D eigenvalue weighted by Crippen LogP contribution is -2.36. The maximum atomic E-state index is 12.5. The topological polar surface area (TPSA) is 115 Å². The van der Waals surface area contributed by atoms with E-state index >= 15 is 0 Å². The molecule has 2 aromatic carbocycles. The van der Waals surface area contributed by atoms with Crippen LogP contribution in [0.25, 0.3) is 26.4 Å². The highest BCUT2D eigenvalue weighted by molar-refractivity contribution is 7.23. The van der Waals surface area contributed by atoms with Gasteiger partial charge in [-0.15, -0.1) is 0 Å². The molecule has 0 saturated carbocycles. The molecule has 7 rings (SSSR count). The molecule has 2 aliphatic rings. The molecule has 230 valence electrons. The van der Waals surface area contributed by atoms with Crippen LogP contribution < -0.4 is 15.4 Å². The number of ether oxygens (including phenoxy) is 3. The Morgan fingerprint density at radius 2 is 1.82 bits per heavy atom. The van der Waals surface area contributed by atoms with Crippen molar-refractivity contribution in [1.82, 2.24) is 19.4 Å². The van der Waals surface area contributed by atoms with Gasteiger partial charge in [-0.05, 0) is 36.8 Å². The molecule has 2 atom stereocenters. The second kappa shape index (κ2) is 11.8.